The van der Waals surface area contributed by atoms with Gasteiger partial charge in [0.25, 0.3) is 0 Å². The highest BCUT2D eigenvalue weighted by atomic mass is 16.7. The summed E-state index contributed by atoms with van der Waals surface area (Å²) in [6.45, 7) is 8.67. The van der Waals surface area contributed by atoms with Crippen LogP contribution < -0.4 is 10.6 Å². The molecule has 1 amide bonds. The number of amides is 1. The summed E-state index contributed by atoms with van der Waals surface area (Å²) in [4.78, 5) is 11.7. The lowest BCUT2D eigenvalue weighted by molar-refractivity contribution is -0.139. The van der Waals surface area contributed by atoms with Crippen LogP contribution in [0.3, 0.4) is 0 Å². The number of ether oxygens (including phenoxy) is 3. The Morgan fingerprint density at radius 2 is 1.79 bits per heavy atom. The first-order valence-electron chi connectivity index (χ1n) is 6.88. The molecule has 0 saturated heterocycles. The van der Waals surface area contributed by atoms with Gasteiger partial charge in [-0.05, 0) is 20.8 Å². The first-order chi connectivity index (χ1) is 9.15. The molecule has 0 fully saturated rings. The maximum Gasteiger partial charge on any atom is 0.236 e. The first kappa shape index (κ1) is 18.3. The van der Waals surface area contributed by atoms with E-state index in [0.717, 1.165) is 6.42 Å². The standard InChI is InChI=1S/C13H28N2O4/c1-5-18-12(19-6-2)7-8-14-11(3)13(16)15-9-10-17-4/h11-12,14H,5-10H2,1-4H3,(H,15,16). The highest BCUT2D eigenvalue weighted by Gasteiger charge is 2.13. The smallest absolute Gasteiger partial charge is 0.236 e. The number of rotatable bonds is 12. The van der Waals surface area contributed by atoms with E-state index in [1.807, 2.05) is 20.8 Å². The van der Waals surface area contributed by atoms with E-state index in [0.29, 0.717) is 32.9 Å². The molecule has 6 heteroatoms. The summed E-state index contributed by atoms with van der Waals surface area (Å²) in [5.74, 6) is -0.0265. The number of hydrogen-bond donors (Lipinski definition) is 2. The van der Waals surface area contributed by atoms with Gasteiger partial charge >= 0.3 is 0 Å². The van der Waals surface area contributed by atoms with Gasteiger partial charge in [0.1, 0.15) is 0 Å². The van der Waals surface area contributed by atoms with Crippen molar-refractivity contribution < 1.29 is 19.0 Å². The van der Waals surface area contributed by atoms with Gasteiger partial charge in [0.2, 0.25) is 5.91 Å². The summed E-state index contributed by atoms with van der Waals surface area (Å²) in [7, 11) is 1.61. The van der Waals surface area contributed by atoms with Crippen LogP contribution in [0.15, 0.2) is 0 Å². The molecule has 6 nitrogen and oxygen atoms in total. The Labute approximate surface area is 116 Å². The van der Waals surface area contributed by atoms with E-state index in [9.17, 15) is 4.79 Å². The number of hydrogen-bond acceptors (Lipinski definition) is 5. The second kappa shape index (κ2) is 12.3. The molecule has 1 unspecified atom stereocenters. The summed E-state index contributed by atoms with van der Waals surface area (Å²) in [5.41, 5.74) is 0. The zero-order valence-electron chi connectivity index (χ0n) is 12.5. The topological polar surface area (TPSA) is 68.8 Å². The van der Waals surface area contributed by atoms with E-state index in [4.69, 9.17) is 14.2 Å². The monoisotopic (exact) mass is 276 g/mol. The normalized spacial score (nSPS) is 12.7. The summed E-state index contributed by atoms with van der Waals surface area (Å²) in [6.07, 6.45) is 0.517. The van der Waals surface area contributed by atoms with E-state index in [-0.39, 0.29) is 18.2 Å². The van der Waals surface area contributed by atoms with E-state index in [1.54, 1.807) is 7.11 Å². The van der Waals surface area contributed by atoms with Crippen LogP contribution >= 0.6 is 0 Å². The molecule has 0 radical (unpaired) electrons. The average Bonchev–Trinajstić information content (AvgIpc) is 2.39. The second-order valence-corrected chi connectivity index (χ2v) is 4.09. The highest BCUT2D eigenvalue weighted by Crippen LogP contribution is 2.00. The van der Waals surface area contributed by atoms with Gasteiger partial charge in [0.15, 0.2) is 6.29 Å². The molecule has 0 bridgehead atoms. The minimum absolute atomic E-state index is 0.0265. The quantitative estimate of drug-likeness (QED) is 0.402. The molecule has 0 aliphatic heterocycles. The molecule has 0 rings (SSSR count). The van der Waals surface area contributed by atoms with Crippen LogP contribution in [0.2, 0.25) is 0 Å². The van der Waals surface area contributed by atoms with Crippen molar-refractivity contribution in [1.82, 2.24) is 10.6 Å². The molecule has 2 N–H and O–H groups in total. The molecule has 0 aromatic carbocycles. The van der Waals surface area contributed by atoms with Crippen LogP contribution in [0.25, 0.3) is 0 Å². The van der Waals surface area contributed by atoms with Crippen LogP contribution in [-0.4, -0.2) is 58.3 Å². The summed E-state index contributed by atoms with van der Waals surface area (Å²) < 4.78 is 15.7. The van der Waals surface area contributed by atoms with Gasteiger partial charge in [0, 0.05) is 39.8 Å². The fraction of sp³-hybridized carbons (Fsp3) is 0.923. The minimum atomic E-state index is -0.235. The molecular weight excluding hydrogens is 248 g/mol. The first-order valence-corrected chi connectivity index (χ1v) is 6.88. The van der Waals surface area contributed by atoms with Gasteiger partial charge in [-0.2, -0.15) is 0 Å². The molecular formula is C13H28N2O4. The predicted molar refractivity (Wildman–Crippen MR) is 74.0 cm³/mol. The summed E-state index contributed by atoms with van der Waals surface area (Å²) in [6, 6.07) is -0.235. The summed E-state index contributed by atoms with van der Waals surface area (Å²) in [5, 5.41) is 5.93. The molecule has 0 saturated carbocycles. The van der Waals surface area contributed by atoms with Crippen molar-refractivity contribution in [2.24, 2.45) is 0 Å². The lowest BCUT2D eigenvalue weighted by atomic mass is 10.3. The van der Waals surface area contributed by atoms with Gasteiger partial charge < -0.3 is 24.8 Å². The third-order valence-electron chi connectivity index (χ3n) is 2.53. The maximum atomic E-state index is 11.7. The highest BCUT2D eigenvalue weighted by molar-refractivity contribution is 5.81. The molecule has 0 aliphatic carbocycles. The van der Waals surface area contributed by atoms with Crippen LogP contribution in [0.1, 0.15) is 27.2 Å². The second-order valence-electron chi connectivity index (χ2n) is 4.09. The third kappa shape index (κ3) is 9.84. The van der Waals surface area contributed by atoms with Crippen molar-refractivity contribution in [3.63, 3.8) is 0 Å². The van der Waals surface area contributed by atoms with Gasteiger partial charge in [-0.1, -0.05) is 0 Å². The molecule has 0 spiro atoms. The molecule has 0 aliphatic rings. The van der Waals surface area contributed by atoms with Crippen LogP contribution in [-0.2, 0) is 19.0 Å². The Morgan fingerprint density at radius 3 is 2.32 bits per heavy atom. The van der Waals surface area contributed by atoms with Crippen LogP contribution in [0.5, 0.6) is 0 Å². The molecule has 114 valence electrons. The Kier molecular flexibility index (Phi) is 11.9. The molecule has 1 atom stereocenters. The van der Waals surface area contributed by atoms with Gasteiger partial charge in [-0.15, -0.1) is 0 Å². The van der Waals surface area contributed by atoms with Crippen molar-refractivity contribution in [3.05, 3.63) is 0 Å². The van der Waals surface area contributed by atoms with Gasteiger partial charge in [-0.25, -0.2) is 0 Å². The fourth-order valence-corrected chi connectivity index (χ4v) is 1.53. The van der Waals surface area contributed by atoms with Crippen molar-refractivity contribution >= 4 is 5.91 Å². The van der Waals surface area contributed by atoms with Crippen molar-refractivity contribution in [2.45, 2.75) is 39.5 Å². The molecule has 0 aromatic rings. The molecule has 0 heterocycles. The molecule has 19 heavy (non-hydrogen) atoms. The lowest BCUT2D eigenvalue weighted by Crippen LogP contribution is -2.44. The Hall–Kier alpha value is -0.690. The number of carbonyl (C=O) groups is 1. The van der Waals surface area contributed by atoms with Gasteiger partial charge in [-0.3, -0.25) is 4.79 Å². The SMILES string of the molecule is CCOC(CCNC(C)C(=O)NCCOC)OCC. The van der Waals surface area contributed by atoms with E-state index in [2.05, 4.69) is 10.6 Å². The Bertz CT molecular complexity index is 221. The van der Waals surface area contributed by atoms with Gasteiger partial charge in [0.05, 0.1) is 12.6 Å². The number of nitrogens with one attached hydrogen (secondary N) is 2. The van der Waals surface area contributed by atoms with Crippen LogP contribution in [0.4, 0.5) is 0 Å². The van der Waals surface area contributed by atoms with E-state index in [1.165, 1.54) is 0 Å². The van der Waals surface area contributed by atoms with Crippen molar-refractivity contribution in [1.29, 1.82) is 0 Å². The van der Waals surface area contributed by atoms with E-state index >= 15 is 0 Å². The number of carbonyl (C=O) groups excluding carboxylic acids is 1. The zero-order valence-corrected chi connectivity index (χ0v) is 12.5. The van der Waals surface area contributed by atoms with Crippen molar-refractivity contribution in [3.8, 4) is 0 Å². The largest absolute Gasteiger partial charge is 0.383 e. The average molecular weight is 276 g/mol. The zero-order chi connectivity index (χ0) is 14.5. The summed E-state index contributed by atoms with van der Waals surface area (Å²) >= 11 is 0. The number of methoxy groups -OCH3 is 1. The minimum Gasteiger partial charge on any atom is -0.383 e. The predicted octanol–water partition coefficient (Wildman–Crippen LogP) is 0.516. The lowest BCUT2D eigenvalue weighted by Gasteiger charge is -2.19. The Balaban J connectivity index is 3.75. The van der Waals surface area contributed by atoms with Crippen LogP contribution in [0, 0.1) is 0 Å². The maximum absolute atomic E-state index is 11.7. The van der Waals surface area contributed by atoms with Crippen molar-refractivity contribution in [2.75, 3.05) is 40.0 Å². The van der Waals surface area contributed by atoms with E-state index < -0.39 is 0 Å². The Morgan fingerprint density at radius 1 is 1.16 bits per heavy atom. The molecule has 0 aromatic heterocycles. The third-order valence-corrected chi connectivity index (χ3v) is 2.53. The fourth-order valence-electron chi connectivity index (χ4n) is 1.53.